The number of carbonyl (C=O) groups is 1. The molecule has 0 saturated carbocycles. The Labute approximate surface area is 137 Å². The van der Waals surface area contributed by atoms with Crippen molar-refractivity contribution < 1.29 is 14.3 Å². The lowest BCUT2D eigenvalue weighted by Gasteiger charge is -2.25. The van der Waals surface area contributed by atoms with E-state index >= 15 is 0 Å². The lowest BCUT2D eigenvalue weighted by atomic mass is 10.0. The van der Waals surface area contributed by atoms with E-state index in [1.54, 1.807) is 0 Å². The Kier molecular flexibility index (Phi) is 6.64. The summed E-state index contributed by atoms with van der Waals surface area (Å²) < 4.78 is 11.2. The molecule has 0 spiro atoms. The molecule has 1 aromatic rings. The molecule has 3 rings (SSSR count). The molecule has 6 heteroatoms. The van der Waals surface area contributed by atoms with Crippen molar-refractivity contribution in [2.45, 2.75) is 31.0 Å². The number of hydrogen-bond acceptors (Lipinski definition) is 4. The van der Waals surface area contributed by atoms with E-state index in [-0.39, 0.29) is 36.5 Å². The largest absolute Gasteiger partial charge is 0.378 e. The molecular weight excluding hydrogens is 304 g/mol. The zero-order valence-corrected chi connectivity index (χ0v) is 13.3. The number of carbonyl (C=O) groups excluding carboxylic acids is 1. The number of nitrogens with one attached hydrogen (secondary N) is 2. The first kappa shape index (κ1) is 17.2. The van der Waals surface area contributed by atoms with Gasteiger partial charge in [-0.15, -0.1) is 12.4 Å². The van der Waals surface area contributed by atoms with E-state index in [4.69, 9.17) is 9.47 Å². The molecule has 1 amide bonds. The van der Waals surface area contributed by atoms with Crippen LogP contribution in [0.1, 0.15) is 24.5 Å². The Balaban J connectivity index is 0.00000176. The molecule has 2 fully saturated rings. The van der Waals surface area contributed by atoms with E-state index in [2.05, 4.69) is 10.6 Å². The van der Waals surface area contributed by atoms with Crippen molar-refractivity contribution >= 4 is 18.3 Å². The van der Waals surface area contributed by atoms with Gasteiger partial charge in [-0.1, -0.05) is 30.3 Å². The van der Waals surface area contributed by atoms with Crippen LogP contribution in [0.5, 0.6) is 0 Å². The highest BCUT2D eigenvalue weighted by atomic mass is 35.5. The number of ether oxygens (including phenoxy) is 2. The molecule has 0 aliphatic carbocycles. The van der Waals surface area contributed by atoms with Crippen molar-refractivity contribution in [2.75, 3.05) is 26.4 Å². The van der Waals surface area contributed by atoms with Gasteiger partial charge in [0.15, 0.2) is 0 Å². The molecule has 0 radical (unpaired) electrons. The van der Waals surface area contributed by atoms with E-state index in [0.29, 0.717) is 19.6 Å². The van der Waals surface area contributed by atoms with Gasteiger partial charge >= 0.3 is 0 Å². The van der Waals surface area contributed by atoms with Gasteiger partial charge in [-0.3, -0.25) is 4.79 Å². The summed E-state index contributed by atoms with van der Waals surface area (Å²) in [6.07, 6.45) is 1.28. The summed E-state index contributed by atoms with van der Waals surface area (Å²) in [5, 5.41) is 6.42. The first-order chi connectivity index (χ1) is 10.3. The van der Waals surface area contributed by atoms with Crippen molar-refractivity contribution in [3.05, 3.63) is 35.9 Å². The van der Waals surface area contributed by atoms with Crippen molar-refractivity contribution in [3.63, 3.8) is 0 Å². The van der Waals surface area contributed by atoms with Crippen LogP contribution in [0.4, 0.5) is 0 Å². The standard InChI is InChI=1S/C16H22N2O3.ClH/c19-15(10-13-11-20-9-7-17-13)18-14-6-8-21-16(14)12-4-2-1-3-5-12;/h1-5,13-14,16-17H,6-11H2,(H,18,19);1H. The third kappa shape index (κ3) is 4.43. The highest BCUT2D eigenvalue weighted by Gasteiger charge is 2.31. The Morgan fingerprint density at radius 3 is 2.82 bits per heavy atom. The number of hydrogen-bond donors (Lipinski definition) is 2. The van der Waals surface area contributed by atoms with Crippen molar-refractivity contribution in [1.29, 1.82) is 0 Å². The zero-order chi connectivity index (χ0) is 14.5. The van der Waals surface area contributed by atoms with Crippen molar-refractivity contribution in [1.82, 2.24) is 10.6 Å². The highest BCUT2D eigenvalue weighted by Crippen LogP contribution is 2.28. The molecule has 0 bridgehead atoms. The normalized spacial score (nSPS) is 27.9. The molecule has 5 nitrogen and oxygen atoms in total. The van der Waals surface area contributed by atoms with Gasteiger partial charge in [-0.2, -0.15) is 0 Å². The highest BCUT2D eigenvalue weighted by molar-refractivity contribution is 5.85. The van der Waals surface area contributed by atoms with Gasteiger partial charge in [0, 0.05) is 25.6 Å². The van der Waals surface area contributed by atoms with Gasteiger partial charge in [0.2, 0.25) is 5.91 Å². The van der Waals surface area contributed by atoms with Crippen LogP contribution >= 0.6 is 12.4 Å². The molecule has 3 unspecified atom stereocenters. The molecular formula is C16H23ClN2O3. The monoisotopic (exact) mass is 326 g/mol. The summed E-state index contributed by atoms with van der Waals surface area (Å²) in [4.78, 5) is 12.2. The molecule has 3 atom stereocenters. The second-order valence-corrected chi connectivity index (χ2v) is 5.59. The number of halogens is 1. The predicted octanol–water partition coefficient (Wildman–Crippen LogP) is 1.43. The van der Waals surface area contributed by atoms with Gasteiger partial charge in [0.25, 0.3) is 0 Å². The van der Waals surface area contributed by atoms with Crippen LogP contribution in [0.15, 0.2) is 30.3 Å². The SMILES string of the molecule is Cl.O=C(CC1COCCN1)NC1CCOC1c1ccccc1. The number of benzene rings is 1. The molecule has 2 aliphatic rings. The number of amides is 1. The summed E-state index contributed by atoms with van der Waals surface area (Å²) >= 11 is 0. The molecule has 2 N–H and O–H groups in total. The van der Waals surface area contributed by atoms with Gasteiger partial charge < -0.3 is 20.1 Å². The van der Waals surface area contributed by atoms with E-state index in [1.807, 2.05) is 30.3 Å². The third-order valence-electron chi connectivity index (χ3n) is 4.00. The molecule has 22 heavy (non-hydrogen) atoms. The van der Waals surface area contributed by atoms with Crippen LogP contribution in [-0.2, 0) is 14.3 Å². The molecule has 1 aromatic carbocycles. The summed E-state index contributed by atoms with van der Waals surface area (Å²) in [5.41, 5.74) is 1.12. The minimum Gasteiger partial charge on any atom is -0.378 e. The van der Waals surface area contributed by atoms with Crippen molar-refractivity contribution in [2.24, 2.45) is 0 Å². The van der Waals surface area contributed by atoms with Crippen molar-refractivity contribution in [3.8, 4) is 0 Å². The fourth-order valence-corrected chi connectivity index (χ4v) is 2.95. The quantitative estimate of drug-likeness (QED) is 0.879. The van der Waals surface area contributed by atoms with E-state index in [1.165, 1.54) is 0 Å². The average molecular weight is 327 g/mol. The molecule has 2 aliphatic heterocycles. The lowest BCUT2D eigenvalue weighted by molar-refractivity contribution is -0.123. The average Bonchev–Trinajstić information content (AvgIpc) is 2.97. The van der Waals surface area contributed by atoms with E-state index in [0.717, 1.165) is 25.1 Å². The van der Waals surface area contributed by atoms with E-state index in [9.17, 15) is 4.79 Å². The smallest absolute Gasteiger partial charge is 0.221 e. The lowest BCUT2D eigenvalue weighted by Crippen LogP contribution is -2.46. The zero-order valence-electron chi connectivity index (χ0n) is 12.5. The van der Waals surface area contributed by atoms with Crippen LogP contribution < -0.4 is 10.6 Å². The Bertz CT molecular complexity index is 466. The summed E-state index contributed by atoms with van der Waals surface area (Å²) in [6.45, 7) is 2.84. The third-order valence-corrected chi connectivity index (χ3v) is 4.00. The number of morpholine rings is 1. The van der Waals surface area contributed by atoms with Crippen LogP contribution in [0.25, 0.3) is 0 Å². The minimum absolute atomic E-state index is 0. The predicted molar refractivity (Wildman–Crippen MR) is 86.2 cm³/mol. The first-order valence-electron chi connectivity index (χ1n) is 7.60. The Morgan fingerprint density at radius 2 is 2.09 bits per heavy atom. The molecule has 2 heterocycles. The summed E-state index contributed by atoms with van der Waals surface area (Å²) in [6, 6.07) is 10.3. The van der Waals surface area contributed by atoms with Crippen LogP contribution in [0.2, 0.25) is 0 Å². The van der Waals surface area contributed by atoms with Gasteiger partial charge in [0.05, 0.1) is 19.3 Å². The van der Waals surface area contributed by atoms with Crippen LogP contribution in [-0.4, -0.2) is 44.4 Å². The Hall–Kier alpha value is -1.14. The number of rotatable bonds is 4. The Morgan fingerprint density at radius 1 is 1.27 bits per heavy atom. The maximum Gasteiger partial charge on any atom is 0.221 e. The van der Waals surface area contributed by atoms with Gasteiger partial charge in [-0.05, 0) is 12.0 Å². The topological polar surface area (TPSA) is 59.6 Å². The van der Waals surface area contributed by atoms with E-state index < -0.39 is 0 Å². The van der Waals surface area contributed by atoms with Crippen LogP contribution in [0, 0.1) is 0 Å². The maximum absolute atomic E-state index is 12.2. The fourth-order valence-electron chi connectivity index (χ4n) is 2.95. The maximum atomic E-state index is 12.2. The molecule has 2 saturated heterocycles. The van der Waals surface area contributed by atoms with Crippen LogP contribution in [0.3, 0.4) is 0 Å². The fraction of sp³-hybridized carbons (Fsp3) is 0.562. The van der Waals surface area contributed by atoms with Gasteiger partial charge in [-0.25, -0.2) is 0 Å². The first-order valence-corrected chi connectivity index (χ1v) is 7.60. The van der Waals surface area contributed by atoms with Gasteiger partial charge in [0.1, 0.15) is 6.10 Å². The summed E-state index contributed by atoms with van der Waals surface area (Å²) in [5.74, 6) is 0.0643. The second-order valence-electron chi connectivity index (χ2n) is 5.59. The second kappa shape index (κ2) is 8.48. The minimum atomic E-state index is -0.0364. The molecule has 122 valence electrons. The molecule has 0 aromatic heterocycles. The summed E-state index contributed by atoms with van der Waals surface area (Å²) in [7, 11) is 0.